The Hall–Kier alpha value is -1.69. The van der Waals surface area contributed by atoms with Crippen molar-refractivity contribution < 1.29 is 13.2 Å². The van der Waals surface area contributed by atoms with Gasteiger partial charge in [0.25, 0.3) is 0 Å². The second kappa shape index (κ2) is 3.96. The Morgan fingerprint density at radius 1 is 1.35 bits per heavy atom. The standard InChI is InChI=1S/C11H12N2O3S/c1-8(14)7-13-10-6-4-3-5-9(10)12-11(13)17(2,15)16/h3-6H,7H2,1-2H3. The summed E-state index contributed by atoms with van der Waals surface area (Å²) in [5.41, 5.74) is 1.23. The van der Waals surface area contributed by atoms with Gasteiger partial charge in [-0.05, 0) is 19.1 Å². The van der Waals surface area contributed by atoms with E-state index in [1.807, 2.05) is 0 Å². The summed E-state index contributed by atoms with van der Waals surface area (Å²) >= 11 is 0. The Labute approximate surface area is 99.0 Å². The number of ketones is 1. The Morgan fingerprint density at radius 3 is 2.59 bits per heavy atom. The van der Waals surface area contributed by atoms with Gasteiger partial charge in [0.1, 0.15) is 5.78 Å². The molecule has 0 radical (unpaired) electrons. The zero-order valence-corrected chi connectivity index (χ0v) is 10.4. The Bertz CT molecular complexity index is 686. The smallest absolute Gasteiger partial charge is 0.228 e. The van der Waals surface area contributed by atoms with E-state index in [9.17, 15) is 13.2 Å². The molecule has 1 aromatic carbocycles. The third-order valence-electron chi connectivity index (χ3n) is 2.33. The van der Waals surface area contributed by atoms with Gasteiger partial charge in [-0.1, -0.05) is 12.1 Å². The van der Waals surface area contributed by atoms with Crippen molar-refractivity contribution >= 4 is 26.7 Å². The van der Waals surface area contributed by atoms with Crippen molar-refractivity contribution in [3.63, 3.8) is 0 Å². The molecule has 1 heterocycles. The average molecular weight is 252 g/mol. The van der Waals surface area contributed by atoms with Crippen LogP contribution in [0.5, 0.6) is 0 Å². The fourth-order valence-electron chi connectivity index (χ4n) is 1.71. The van der Waals surface area contributed by atoms with E-state index in [1.54, 1.807) is 24.3 Å². The van der Waals surface area contributed by atoms with E-state index >= 15 is 0 Å². The fraction of sp³-hybridized carbons (Fsp3) is 0.273. The predicted octanol–water partition coefficient (Wildman–Crippen LogP) is 1.03. The molecular weight excluding hydrogens is 240 g/mol. The van der Waals surface area contributed by atoms with Crippen LogP contribution in [0, 0.1) is 0 Å². The number of para-hydroxylation sites is 2. The maximum Gasteiger partial charge on any atom is 0.228 e. The number of carbonyl (C=O) groups is 1. The summed E-state index contributed by atoms with van der Waals surface area (Å²) in [6.45, 7) is 1.43. The highest BCUT2D eigenvalue weighted by molar-refractivity contribution is 7.90. The van der Waals surface area contributed by atoms with Gasteiger partial charge in [-0.3, -0.25) is 4.79 Å². The van der Waals surface area contributed by atoms with E-state index in [0.717, 1.165) is 6.26 Å². The summed E-state index contributed by atoms with van der Waals surface area (Å²) in [5.74, 6) is -0.113. The van der Waals surface area contributed by atoms with Crippen molar-refractivity contribution in [2.24, 2.45) is 0 Å². The van der Waals surface area contributed by atoms with Crippen LogP contribution in [-0.4, -0.2) is 30.0 Å². The zero-order chi connectivity index (χ0) is 12.6. The second-order valence-corrected chi connectivity index (χ2v) is 5.85. The van der Waals surface area contributed by atoms with Gasteiger partial charge >= 0.3 is 0 Å². The van der Waals surface area contributed by atoms with Crippen molar-refractivity contribution in [3.8, 4) is 0 Å². The first-order chi connectivity index (χ1) is 7.89. The predicted molar refractivity (Wildman–Crippen MR) is 63.5 cm³/mol. The number of fused-ring (bicyclic) bond motifs is 1. The monoisotopic (exact) mass is 252 g/mol. The van der Waals surface area contributed by atoms with Gasteiger partial charge in [-0.25, -0.2) is 13.4 Å². The highest BCUT2D eigenvalue weighted by atomic mass is 32.2. The van der Waals surface area contributed by atoms with E-state index in [2.05, 4.69) is 4.98 Å². The van der Waals surface area contributed by atoms with Gasteiger partial charge in [0.2, 0.25) is 15.0 Å². The van der Waals surface area contributed by atoms with Crippen LogP contribution in [0.1, 0.15) is 6.92 Å². The van der Waals surface area contributed by atoms with Gasteiger partial charge in [0, 0.05) is 6.26 Å². The number of hydrogen-bond donors (Lipinski definition) is 0. The first-order valence-corrected chi connectivity index (χ1v) is 6.93. The summed E-state index contributed by atoms with van der Waals surface area (Å²) in [6.07, 6.45) is 1.09. The summed E-state index contributed by atoms with van der Waals surface area (Å²) in [7, 11) is -3.44. The van der Waals surface area contributed by atoms with Gasteiger partial charge in [0.15, 0.2) is 0 Å². The maximum absolute atomic E-state index is 11.6. The van der Waals surface area contributed by atoms with Crippen LogP contribution >= 0.6 is 0 Å². The van der Waals surface area contributed by atoms with Crippen LogP contribution in [0.2, 0.25) is 0 Å². The number of aromatic nitrogens is 2. The molecule has 6 heteroatoms. The molecule has 0 saturated carbocycles. The van der Waals surface area contributed by atoms with E-state index in [-0.39, 0.29) is 17.5 Å². The normalized spacial score (nSPS) is 11.9. The quantitative estimate of drug-likeness (QED) is 0.818. The molecule has 0 bridgehead atoms. The van der Waals surface area contributed by atoms with Gasteiger partial charge < -0.3 is 4.57 Å². The largest absolute Gasteiger partial charge is 0.307 e. The van der Waals surface area contributed by atoms with E-state index in [4.69, 9.17) is 0 Å². The molecular formula is C11H12N2O3S. The van der Waals surface area contributed by atoms with Gasteiger partial charge in [-0.15, -0.1) is 0 Å². The molecule has 0 N–H and O–H groups in total. The van der Waals surface area contributed by atoms with E-state index in [0.29, 0.717) is 11.0 Å². The van der Waals surface area contributed by atoms with Crippen LogP contribution in [-0.2, 0) is 21.2 Å². The number of carbonyl (C=O) groups excluding carboxylic acids is 1. The highest BCUT2D eigenvalue weighted by Gasteiger charge is 2.19. The molecule has 0 spiro atoms. The SMILES string of the molecule is CC(=O)Cn1c(S(C)(=O)=O)nc2ccccc21. The van der Waals surface area contributed by atoms with Crippen molar-refractivity contribution in [2.75, 3.05) is 6.26 Å². The first-order valence-electron chi connectivity index (χ1n) is 5.04. The first kappa shape index (κ1) is 11.8. The molecule has 17 heavy (non-hydrogen) atoms. The topological polar surface area (TPSA) is 69.0 Å². The molecule has 0 aliphatic rings. The van der Waals surface area contributed by atoms with Crippen LogP contribution in [0.25, 0.3) is 11.0 Å². The minimum absolute atomic E-state index is 0.0168. The van der Waals surface area contributed by atoms with Crippen molar-refractivity contribution in [1.29, 1.82) is 0 Å². The lowest BCUT2D eigenvalue weighted by Gasteiger charge is -2.04. The Morgan fingerprint density at radius 2 is 2.00 bits per heavy atom. The number of imidazole rings is 1. The average Bonchev–Trinajstić information content (AvgIpc) is 2.56. The summed E-state index contributed by atoms with van der Waals surface area (Å²) in [6, 6.07) is 7.03. The molecule has 1 aromatic heterocycles. The zero-order valence-electron chi connectivity index (χ0n) is 9.54. The fourth-order valence-corrected chi connectivity index (χ4v) is 2.54. The summed E-state index contributed by atoms with van der Waals surface area (Å²) in [4.78, 5) is 15.3. The van der Waals surface area contributed by atoms with Crippen LogP contribution in [0.15, 0.2) is 29.4 Å². The molecule has 2 rings (SSSR count). The highest BCUT2D eigenvalue weighted by Crippen LogP contribution is 2.19. The van der Waals surface area contributed by atoms with E-state index < -0.39 is 9.84 Å². The molecule has 2 aromatic rings. The number of sulfone groups is 1. The van der Waals surface area contributed by atoms with Gasteiger partial charge in [-0.2, -0.15) is 0 Å². The molecule has 5 nitrogen and oxygen atoms in total. The number of hydrogen-bond acceptors (Lipinski definition) is 4. The lowest BCUT2D eigenvalue weighted by atomic mass is 10.3. The van der Waals surface area contributed by atoms with Gasteiger partial charge in [0.05, 0.1) is 17.6 Å². The van der Waals surface area contributed by atoms with Crippen molar-refractivity contribution in [2.45, 2.75) is 18.6 Å². The molecule has 0 aliphatic heterocycles. The van der Waals surface area contributed by atoms with E-state index in [1.165, 1.54) is 11.5 Å². The number of Topliss-reactive ketones (excluding diaryl/α,β-unsaturated/α-hetero) is 1. The molecule has 0 fully saturated rings. The van der Waals surface area contributed by atoms with Crippen molar-refractivity contribution in [3.05, 3.63) is 24.3 Å². The lowest BCUT2D eigenvalue weighted by Crippen LogP contribution is -2.13. The molecule has 90 valence electrons. The third-order valence-corrected chi connectivity index (χ3v) is 3.31. The molecule has 0 atom stereocenters. The Kier molecular flexibility index (Phi) is 2.74. The number of nitrogens with zero attached hydrogens (tertiary/aromatic N) is 2. The second-order valence-electron chi connectivity index (χ2n) is 3.94. The minimum Gasteiger partial charge on any atom is -0.307 e. The van der Waals surface area contributed by atoms with Crippen molar-refractivity contribution in [1.82, 2.24) is 9.55 Å². The molecule has 0 amide bonds. The lowest BCUT2D eigenvalue weighted by molar-refractivity contribution is -0.117. The third kappa shape index (κ3) is 2.21. The summed E-state index contributed by atoms with van der Waals surface area (Å²) in [5, 5.41) is -0.0612. The number of benzene rings is 1. The van der Waals surface area contributed by atoms with Crippen LogP contribution in [0.4, 0.5) is 0 Å². The Balaban J connectivity index is 2.78. The minimum atomic E-state index is -3.44. The number of rotatable bonds is 3. The maximum atomic E-state index is 11.6. The molecule has 0 aliphatic carbocycles. The molecule has 0 saturated heterocycles. The van der Waals surface area contributed by atoms with Crippen LogP contribution < -0.4 is 0 Å². The molecule has 0 unspecified atom stereocenters. The van der Waals surface area contributed by atoms with Crippen LogP contribution in [0.3, 0.4) is 0 Å². The summed E-state index contributed by atoms with van der Waals surface area (Å²) < 4.78 is 24.7.